The molecule has 138 valence electrons. The van der Waals surface area contributed by atoms with Crippen LogP contribution < -0.4 is 5.32 Å². The van der Waals surface area contributed by atoms with Crippen molar-refractivity contribution in [3.8, 4) is 0 Å². The fourth-order valence-electron chi connectivity index (χ4n) is 3.70. The molecule has 0 aliphatic carbocycles. The zero-order valence-electron chi connectivity index (χ0n) is 14.0. The topological polar surface area (TPSA) is 122 Å². The molecule has 2 N–H and O–H groups in total. The first kappa shape index (κ1) is 17.9. The average Bonchev–Trinajstić information content (AvgIpc) is 3.14. The van der Waals surface area contributed by atoms with Crippen molar-refractivity contribution in [1.29, 1.82) is 0 Å². The van der Waals surface area contributed by atoms with Crippen LogP contribution in [0.25, 0.3) is 0 Å². The molecule has 2 aliphatic rings. The van der Waals surface area contributed by atoms with E-state index in [9.17, 15) is 23.1 Å². The van der Waals surface area contributed by atoms with Gasteiger partial charge < -0.3 is 10.4 Å². The summed E-state index contributed by atoms with van der Waals surface area (Å²) in [6, 6.07) is 0. The third-order valence-electron chi connectivity index (χ3n) is 5.06. The van der Waals surface area contributed by atoms with Crippen LogP contribution in [0.1, 0.15) is 32.6 Å². The Hall–Kier alpha value is -1.94. The number of aryl methyl sites for hydroxylation is 1. The maximum Gasteiger partial charge on any atom is 0.309 e. The summed E-state index contributed by atoms with van der Waals surface area (Å²) in [6.45, 7) is 2.97. The van der Waals surface area contributed by atoms with Gasteiger partial charge in [-0.3, -0.25) is 14.3 Å². The van der Waals surface area contributed by atoms with Crippen LogP contribution in [0.15, 0.2) is 17.3 Å². The van der Waals surface area contributed by atoms with Gasteiger partial charge in [0.05, 0.1) is 17.7 Å². The van der Waals surface area contributed by atoms with Gasteiger partial charge in [0.2, 0.25) is 15.9 Å². The molecule has 0 radical (unpaired) electrons. The molecule has 1 aromatic rings. The highest BCUT2D eigenvalue weighted by atomic mass is 32.2. The number of carbonyl (C=O) groups is 2. The Morgan fingerprint density at radius 3 is 2.72 bits per heavy atom. The van der Waals surface area contributed by atoms with Gasteiger partial charge in [-0.15, -0.1) is 0 Å². The monoisotopic (exact) mass is 370 g/mol. The molecule has 0 unspecified atom stereocenters. The summed E-state index contributed by atoms with van der Waals surface area (Å²) in [5.74, 6) is -2.11. The van der Waals surface area contributed by atoms with Crippen LogP contribution in [0.5, 0.6) is 0 Å². The fraction of sp³-hybridized carbons (Fsp3) is 0.667. The van der Waals surface area contributed by atoms with E-state index in [1.54, 1.807) is 4.68 Å². The molecular weight excluding hydrogens is 348 g/mol. The summed E-state index contributed by atoms with van der Waals surface area (Å²) < 4.78 is 28.4. The third kappa shape index (κ3) is 3.15. The largest absolute Gasteiger partial charge is 0.481 e. The molecule has 1 aromatic heterocycles. The molecular formula is C15H22N4O5S. The molecule has 2 aliphatic heterocycles. The van der Waals surface area contributed by atoms with Gasteiger partial charge in [0.15, 0.2) is 0 Å². The highest BCUT2D eigenvalue weighted by Crippen LogP contribution is 2.38. The van der Waals surface area contributed by atoms with E-state index in [2.05, 4.69) is 10.4 Å². The van der Waals surface area contributed by atoms with Crippen LogP contribution in [0.4, 0.5) is 0 Å². The molecule has 2 saturated heterocycles. The minimum Gasteiger partial charge on any atom is -0.481 e. The van der Waals surface area contributed by atoms with E-state index in [-0.39, 0.29) is 43.2 Å². The van der Waals surface area contributed by atoms with Gasteiger partial charge in [0.25, 0.3) is 0 Å². The summed E-state index contributed by atoms with van der Waals surface area (Å²) in [4.78, 5) is 23.3. The summed E-state index contributed by atoms with van der Waals surface area (Å²) in [6.07, 6.45) is 4.24. The second-order valence-corrected chi connectivity index (χ2v) is 8.58. The molecule has 1 amide bonds. The Balaban J connectivity index is 1.75. The number of amides is 1. The van der Waals surface area contributed by atoms with E-state index in [1.807, 2.05) is 6.92 Å². The lowest BCUT2D eigenvalue weighted by atomic mass is 9.78. The molecule has 1 spiro atoms. The Morgan fingerprint density at radius 2 is 2.12 bits per heavy atom. The molecule has 25 heavy (non-hydrogen) atoms. The third-order valence-corrected chi connectivity index (χ3v) is 6.91. The van der Waals surface area contributed by atoms with Crippen molar-refractivity contribution < 1.29 is 23.1 Å². The number of aromatic nitrogens is 2. The van der Waals surface area contributed by atoms with Crippen LogP contribution in [-0.4, -0.2) is 58.1 Å². The van der Waals surface area contributed by atoms with Gasteiger partial charge in [-0.2, -0.15) is 9.40 Å². The number of carboxylic acid groups (broad SMARTS) is 1. The molecule has 2 fully saturated rings. The molecule has 0 bridgehead atoms. The number of rotatable bonds is 5. The van der Waals surface area contributed by atoms with Gasteiger partial charge in [0.1, 0.15) is 4.90 Å². The van der Waals surface area contributed by atoms with Gasteiger partial charge in [-0.1, -0.05) is 6.92 Å². The van der Waals surface area contributed by atoms with Gasteiger partial charge in [-0.05, 0) is 19.3 Å². The van der Waals surface area contributed by atoms with E-state index in [1.165, 1.54) is 16.7 Å². The van der Waals surface area contributed by atoms with Crippen molar-refractivity contribution in [2.75, 3.05) is 13.1 Å². The molecule has 1 atom stereocenters. The Bertz CT molecular complexity index is 780. The average molecular weight is 370 g/mol. The lowest BCUT2D eigenvalue weighted by Gasteiger charge is -2.40. The number of aliphatic carboxylic acids is 1. The highest BCUT2D eigenvalue weighted by molar-refractivity contribution is 7.89. The zero-order chi connectivity index (χ0) is 18.2. The molecule has 3 heterocycles. The lowest BCUT2D eigenvalue weighted by molar-refractivity contribution is -0.144. The van der Waals surface area contributed by atoms with Crippen molar-refractivity contribution in [1.82, 2.24) is 19.4 Å². The fourth-order valence-corrected chi connectivity index (χ4v) is 5.09. The van der Waals surface area contributed by atoms with Crippen LogP contribution in [0, 0.1) is 5.92 Å². The number of nitrogens with zero attached hydrogens (tertiary/aromatic N) is 3. The SMILES string of the molecule is CCCn1cc(S(=O)(=O)N2CCC3(CC2)NC(=O)C[C@H]3C(=O)O)cn1. The number of carboxylic acids is 1. The quantitative estimate of drug-likeness (QED) is 0.754. The van der Waals surface area contributed by atoms with Gasteiger partial charge in [-0.25, -0.2) is 8.42 Å². The van der Waals surface area contributed by atoms with E-state index >= 15 is 0 Å². The number of nitrogens with one attached hydrogen (secondary N) is 1. The number of carbonyl (C=O) groups excluding carboxylic acids is 1. The van der Waals surface area contributed by atoms with Crippen LogP contribution >= 0.6 is 0 Å². The van der Waals surface area contributed by atoms with Crippen LogP contribution in [0.2, 0.25) is 0 Å². The first-order valence-corrected chi connectivity index (χ1v) is 9.79. The minimum atomic E-state index is -3.67. The predicted octanol–water partition coefficient (Wildman–Crippen LogP) is 0.0371. The highest BCUT2D eigenvalue weighted by Gasteiger charge is 2.52. The molecule has 0 aromatic carbocycles. The Labute approximate surface area is 146 Å². The van der Waals surface area contributed by atoms with E-state index in [0.29, 0.717) is 6.54 Å². The van der Waals surface area contributed by atoms with Crippen LogP contribution in [-0.2, 0) is 26.2 Å². The number of hydrogen-bond donors (Lipinski definition) is 2. The smallest absolute Gasteiger partial charge is 0.309 e. The van der Waals surface area contributed by atoms with Crippen molar-refractivity contribution in [3.63, 3.8) is 0 Å². The molecule has 10 heteroatoms. The molecule has 3 rings (SSSR count). The van der Waals surface area contributed by atoms with Crippen molar-refractivity contribution in [2.45, 2.75) is 49.6 Å². The predicted molar refractivity (Wildman–Crippen MR) is 87.1 cm³/mol. The number of hydrogen-bond acceptors (Lipinski definition) is 5. The van der Waals surface area contributed by atoms with Gasteiger partial charge in [0, 0.05) is 32.3 Å². The summed E-state index contributed by atoms with van der Waals surface area (Å²) in [5, 5.41) is 16.2. The van der Waals surface area contributed by atoms with Gasteiger partial charge >= 0.3 is 5.97 Å². The van der Waals surface area contributed by atoms with E-state index in [4.69, 9.17) is 0 Å². The summed E-state index contributed by atoms with van der Waals surface area (Å²) in [5.41, 5.74) is -0.846. The summed E-state index contributed by atoms with van der Waals surface area (Å²) in [7, 11) is -3.67. The first-order valence-electron chi connectivity index (χ1n) is 8.35. The summed E-state index contributed by atoms with van der Waals surface area (Å²) >= 11 is 0. The van der Waals surface area contributed by atoms with Crippen molar-refractivity contribution in [2.24, 2.45) is 5.92 Å². The minimum absolute atomic E-state index is 0.0497. The van der Waals surface area contributed by atoms with Crippen LogP contribution in [0.3, 0.4) is 0 Å². The second kappa shape index (κ2) is 6.41. The molecule has 9 nitrogen and oxygen atoms in total. The second-order valence-electron chi connectivity index (χ2n) is 6.64. The van der Waals surface area contributed by atoms with E-state index in [0.717, 1.165) is 6.42 Å². The maximum atomic E-state index is 12.8. The molecule has 0 saturated carbocycles. The van der Waals surface area contributed by atoms with Crippen molar-refractivity contribution >= 4 is 21.9 Å². The van der Waals surface area contributed by atoms with E-state index < -0.39 is 27.4 Å². The Kier molecular flexibility index (Phi) is 4.58. The normalized spacial score (nSPS) is 23.7. The number of sulfonamides is 1. The van der Waals surface area contributed by atoms with Crippen molar-refractivity contribution in [3.05, 3.63) is 12.4 Å². The first-order chi connectivity index (χ1) is 11.8. The standard InChI is InChI=1S/C15H22N4O5S/c1-2-5-18-10-11(9-16-18)25(23,24)19-6-3-15(4-7-19)12(14(21)22)8-13(20)17-15/h9-10,12H,2-8H2,1H3,(H,17,20)(H,21,22)/t12-/m0/s1. The lowest BCUT2D eigenvalue weighted by Crippen LogP contribution is -2.56. The zero-order valence-corrected chi connectivity index (χ0v) is 14.8. The Morgan fingerprint density at radius 1 is 1.44 bits per heavy atom. The number of piperidine rings is 1. The maximum absolute atomic E-state index is 12.8.